The second kappa shape index (κ2) is 6.91. The molecule has 0 saturated carbocycles. The molecule has 3 heterocycles. The van der Waals surface area contributed by atoms with Crippen molar-refractivity contribution in [2.75, 3.05) is 44.7 Å². The molecule has 0 aromatic carbocycles. The summed E-state index contributed by atoms with van der Waals surface area (Å²) >= 11 is 0. The minimum atomic E-state index is -0.284. The monoisotopic (exact) mass is 318 g/mol. The summed E-state index contributed by atoms with van der Waals surface area (Å²) in [5, 5.41) is 10.7. The second-order valence-electron chi connectivity index (χ2n) is 6.01. The zero-order valence-electron chi connectivity index (χ0n) is 13.3. The standard InChI is InChI=1S/C15H22N6O2/c1-19(8-9-21-14(22)10-16-15(21)23)12-4-3-7-20(11-12)13-5-2-6-17-18-13/h2,5-6,12H,3-4,7-11H2,1H3,(H,16,23). The molecule has 1 atom stereocenters. The van der Waals surface area contributed by atoms with Gasteiger partial charge in [0, 0.05) is 38.4 Å². The van der Waals surface area contributed by atoms with Crippen molar-refractivity contribution in [3.8, 4) is 0 Å². The van der Waals surface area contributed by atoms with E-state index in [4.69, 9.17) is 0 Å². The molecular weight excluding hydrogens is 296 g/mol. The van der Waals surface area contributed by atoms with E-state index in [0.29, 0.717) is 19.1 Å². The van der Waals surface area contributed by atoms with Crippen LogP contribution in [0.1, 0.15) is 12.8 Å². The zero-order valence-corrected chi connectivity index (χ0v) is 13.3. The van der Waals surface area contributed by atoms with Crippen molar-refractivity contribution in [3.63, 3.8) is 0 Å². The molecule has 8 nitrogen and oxygen atoms in total. The molecule has 8 heteroatoms. The summed E-state index contributed by atoms with van der Waals surface area (Å²) < 4.78 is 0. The van der Waals surface area contributed by atoms with E-state index >= 15 is 0 Å². The van der Waals surface area contributed by atoms with Gasteiger partial charge in [0.2, 0.25) is 5.91 Å². The van der Waals surface area contributed by atoms with Gasteiger partial charge >= 0.3 is 6.03 Å². The number of carbonyl (C=O) groups is 2. The quantitative estimate of drug-likeness (QED) is 0.765. The van der Waals surface area contributed by atoms with Crippen LogP contribution in [0.2, 0.25) is 0 Å². The van der Waals surface area contributed by atoms with Gasteiger partial charge in [-0.1, -0.05) is 0 Å². The van der Waals surface area contributed by atoms with Crippen LogP contribution in [0, 0.1) is 0 Å². The lowest BCUT2D eigenvalue weighted by Gasteiger charge is -2.38. The average molecular weight is 318 g/mol. The van der Waals surface area contributed by atoms with Crippen molar-refractivity contribution >= 4 is 17.8 Å². The topological polar surface area (TPSA) is 81.7 Å². The molecule has 2 fully saturated rings. The Bertz CT molecular complexity index is 550. The minimum Gasteiger partial charge on any atom is -0.354 e. The average Bonchev–Trinajstić information content (AvgIpc) is 2.92. The fourth-order valence-electron chi connectivity index (χ4n) is 3.11. The van der Waals surface area contributed by atoms with Crippen LogP contribution < -0.4 is 10.2 Å². The van der Waals surface area contributed by atoms with E-state index in [-0.39, 0.29) is 18.5 Å². The fraction of sp³-hybridized carbons (Fsp3) is 0.600. The highest BCUT2D eigenvalue weighted by Crippen LogP contribution is 2.19. The molecule has 0 radical (unpaired) electrons. The first kappa shape index (κ1) is 15.7. The van der Waals surface area contributed by atoms with Gasteiger partial charge in [0.25, 0.3) is 0 Å². The van der Waals surface area contributed by atoms with E-state index in [2.05, 4.69) is 25.3 Å². The molecule has 124 valence electrons. The van der Waals surface area contributed by atoms with Crippen molar-refractivity contribution in [2.24, 2.45) is 0 Å². The summed E-state index contributed by atoms with van der Waals surface area (Å²) in [5.41, 5.74) is 0. The Hall–Kier alpha value is -2.22. The van der Waals surface area contributed by atoms with Crippen LogP contribution in [0.5, 0.6) is 0 Å². The first-order valence-corrected chi connectivity index (χ1v) is 7.96. The van der Waals surface area contributed by atoms with Gasteiger partial charge in [-0.2, -0.15) is 5.10 Å². The summed E-state index contributed by atoms with van der Waals surface area (Å²) in [4.78, 5) is 28.9. The number of anilines is 1. The summed E-state index contributed by atoms with van der Waals surface area (Å²) in [5.74, 6) is 0.757. The molecule has 1 unspecified atom stereocenters. The Morgan fingerprint density at radius 2 is 2.30 bits per heavy atom. The number of carbonyl (C=O) groups excluding carboxylic acids is 2. The summed E-state index contributed by atoms with van der Waals surface area (Å²) in [7, 11) is 2.04. The molecule has 2 aliphatic rings. The van der Waals surface area contributed by atoms with Gasteiger partial charge in [0.1, 0.15) is 0 Å². The number of rotatable bonds is 5. The van der Waals surface area contributed by atoms with E-state index in [0.717, 1.165) is 31.7 Å². The summed E-state index contributed by atoms with van der Waals surface area (Å²) in [6.45, 7) is 3.10. The molecule has 2 saturated heterocycles. The third kappa shape index (κ3) is 3.58. The summed E-state index contributed by atoms with van der Waals surface area (Å²) in [6, 6.07) is 3.97. The highest BCUT2D eigenvalue weighted by Gasteiger charge is 2.29. The summed E-state index contributed by atoms with van der Waals surface area (Å²) in [6.07, 6.45) is 3.87. The van der Waals surface area contributed by atoms with Crippen molar-refractivity contribution in [2.45, 2.75) is 18.9 Å². The maximum absolute atomic E-state index is 11.6. The highest BCUT2D eigenvalue weighted by molar-refractivity contribution is 6.01. The number of amides is 3. The normalized spacial score (nSPS) is 21.9. The van der Waals surface area contributed by atoms with Gasteiger partial charge in [-0.25, -0.2) is 4.79 Å². The van der Waals surface area contributed by atoms with Crippen LogP contribution in [0.3, 0.4) is 0 Å². The Balaban J connectivity index is 1.54. The van der Waals surface area contributed by atoms with Gasteiger partial charge in [0.05, 0.1) is 6.54 Å². The third-order valence-corrected chi connectivity index (χ3v) is 4.52. The Kier molecular flexibility index (Phi) is 4.71. The molecule has 0 bridgehead atoms. The van der Waals surface area contributed by atoms with Gasteiger partial charge in [0.15, 0.2) is 5.82 Å². The minimum absolute atomic E-state index is 0.117. The molecule has 3 rings (SSSR count). The van der Waals surface area contributed by atoms with Crippen molar-refractivity contribution < 1.29 is 9.59 Å². The predicted molar refractivity (Wildman–Crippen MR) is 85.0 cm³/mol. The van der Waals surface area contributed by atoms with Crippen molar-refractivity contribution in [1.29, 1.82) is 0 Å². The van der Waals surface area contributed by atoms with Crippen LogP contribution in [0.4, 0.5) is 10.6 Å². The van der Waals surface area contributed by atoms with Gasteiger partial charge in [-0.15, -0.1) is 5.10 Å². The van der Waals surface area contributed by atoms with Crippen LogP contribution in [0.15, 0.2) is 18.3 Å². The van der Waals surface area contributed by atoms with Crippen LogP contribution >= 0.6 is 0 Å². The number of piperidine rings is 1. The van der Waals surface area contributed by atoms with Crippen molar-refractivity contribution in [1.82, 2.24) is 25.3 Å². The van der Waals surface area contributed by atoms with Crippen molar-refractivity contribution in [3.05, 3.63) is 18.3 Å². The number of likely N-dealkylation sites (N-methyl/N-ethyl adjacent to an activating group) is 1. The first-order chi connectivity index (χ1) is 11.1. The Morgan fingerprint density at radius 1 is 1.43 bits per heavy atom. The van der Waals surface area contributed by atoms with E-state index in [9.17, 15) is 9.59 Å². The lowest BCUT2D eigenvalue weighted by Crippen LogP contribution is -2.49. The predicted octanol–water partition coefficient (Wildman–Crippen LogP) is -0.0710. The smallest absolute Gasteiger partial charge is 0.324 e. The lowest BCUT2D eigenvalue weighted by molar-refractivity contribution is -0.125. The Morgan fingerprint density at radius 3 is 3.00 bits per heavy atom. The van der Waals surface area contributed by atoms with Gasteiger partial charge < -0.3 is 10.2 Å². The number of nitrogens with zero attached hydrogens (tertiary/aromatic N) is 5. The zero-order chi connectivity index (χ0) is 16.2. The van der Waals surface area contributed by atoms with E-state index < -0.39 is 0 Å². The largest absolute Gasteiger partial charge is 0.354 e. The molecule has 1 N–H and O–H groups in total. The molecular formula is C15H22N6O2. The van der Waals surface area contributed by atoms with E-state index in [1.807, 2.05) is 19.2 Å². The number of hydrogen-bond donors (Lipinski definition) is 1. The molecule has 1 aromatic rings. The van der Waals surface area contributed by atoms with E-state index in [1.165, 1.54) is 4.90 Å². The number of hydrogen-bond acceptors (Lipinski definition) is 6. The number of urea groups is 1. The number of aromatic nitrogens is 2. The van der Waals surface area contributed by atoms with Crippen LogP contribution in [0.25, 0.3) is 0 Å². The highest BCUT2D eigenvalue weighted by atomic mass is 16.2. The molecule has 2 aliphatic heterocycles. The van der Waals surface area contributed by atoms with Gasteiger partial charge in [-0.05, 0) is 32.0 Å². The number of imide groups is 1. The second-order valence-corrected chi connectivity index (χ2v) is 6.01. The molecule has 0 aliphatic carbocycles. The van der Waals surface area contributed by atoms with Gasteiger partial charge in [-0.3, -0.25) is 14.6 Å². The first-order valence-electron chi connectivity index (χ1n) is 7.96. The lowest BCUT2D eigenvalue weighted by atomic mass is 10.0. The SMILES string of the molecule is CN(CCN1C(=O)CNC1=O)C1CCCN(c2cccnn2)C1. The number of nitrogens with one attached hydrogen (secondary N) is 1. The van der Waals surface area contributed by atoms with E-state index in [1.54, 1.807) is 6.20 Å². The fourth-order valence-corrected chi connectivity index (χ4v) is 3.11. The maximum atomic E-state index is 11.6. The molecule has 1 aromatic heterocycles. The maximum Gasteiger partial charge on any atom is 0.324 e. The van der Waals surface area contributed by atoms with Crippen LogP contribution in [-0.4, -0.2) is 77.7 Å². The molecule has 3 amide bonds. The molecule has 23 heavy (non-hydrogen) atoms. The van der Waals surface area contributed by atoms with Crippen LogP contribution in [-0.2, 0) is 4.79 Å². The Labute approximate surface area is 135 Å². The third-order valence-electron chi connectivity index (χ3n) is 4.52. The molecule has 0 spiro atoms.